The quantitative estimate of drug-likeness (QED) is 0.909. The largest absolute Gasteiger partial charge is 0.311 e. The Morgan fingerprint density at radius 3 is 3.16 bits per heavy atom. The number of carbonyl (C=O) groups is 2. The minimum absolute atomic E-state index is 0.0601. The van der Waals surface area contributed by atoms with Gasteiger partial charge in [-0.3, -0.25) is 14.7 Å². The van der Waals surface area contributed by atoms with Crippen LogP contribution in [-0.4, -0.2) is 33.0 Å². The molecule has 1 saturated heterocycles. The normalized spacial score (nSPS) is 19.3. The number of H-pyrrole nitrogens is 1. The molecule has 2 aromatic rings. The Bertz CT molecular complexity index is 652. The van der Waals surface area contributed by atoms with Crippen LogP contribution in [0.2, 0.25) is 0 Å². The molecule has 1 N–H and O–H groups in total. The fraction of sp³-hybridized carbons (Fsp3) is 0.308. The van der Waals surface area contributed by atoms with Gasteiger partial charge in [0.2, 0.25) is 5.91 Å². The van der Waals surface area contributed by atoms with Gasteiger partial charge in [0.25, 0.3) is 0 Å². The van der Waals surface area contributed by atoms with Gasteiger partial charge in [-0.15, -0.1) is 0 Å². The predicted octanol–water partition coefficient (Wildman–Crippen LogP) is 1.95. The molecule has 1 aromatic carbocycles. The smallest absolute Gasteiger partial charge is 0.228 e. The molecule has 1 atom stereocenters. The number of thioether (sulfide) groups is 1. The maximum absolute atomic E-state index is 12.0. The van der Waals surface area contributed by atoms with Gasteiger partial charge in [-0.25, -0.2) is 0 Å². The summed E-state index contributed by atoms with van der Waals surface area (Å²) in [5, 5.41) is 7.95. The maximum atomic E-state index is 12.0. The SMILES string of the molecule is CC(=O)SC1CC(=O)N(c2ccc3[nH]ncc3c2)C1. The number of anilines is 1. The molecular formula is C13H13N3O2S. The molecule has 1 aromatic heterocycles. The second-order valence-electron chi connectivity index (χ2n) is 4.58. The summed E-state index contributed by atoms with van der Waals surface area (Å²) in [7, 11) is 0. The van der Waals surface area contributed by atoms with Crippen LogP contribution in [0.15, 0.2) is 24.4 Å². The van der Waals surface area contributed by atoms with Gasteiger partial charge < -0.3 is 4.90 Å². The van der Waals surface area contributed by atoms with Gasteiger partial charge in [0.1, 0.15) is 0 Å². The summed E-state index contributed by atoms with van der Waals surface area (Å²) in [6.07, 6.45) is 2.16. The lowest BCUT2D eigenvalue weighted by molar-refractivity contribution is -0.117. The number of carbonyl (C=O) groups excluding carboxylic acids is 2. The minimum Gasteiger partial charge on any atom is -0.311 e. The Hall–Kier alpha value is -1.82. The second kappa shape index (κ2) is 4.70. The predicted molar refractivity (Wildman–Crippen MR) is 75.1 cm³/mol. The second-order valence-corrected chi connectivity index (χ2v) is 6.06. The van der Waals surface area contributed by atoms with E-state index in [0.29, 0.717) is 13.0 Å². The number of nitrogens with zero attached hydrogens (tertiary/aromatic N) is 2. The molecule has 0 aliphatic carbocycles. The van der Waals surface area contributed by atoms with E-state index in [9.17, 15) is 9.59 Å². The topological polar surface area (TPSA) is 66.1 Å². The minimum atomic E-state index is 0.0601. The number of benzene rings is 1. The number of hydrogen-bond donors (Lipinski definition) is 1. The number of aromatic nitrogens is 2. The Labute approximate surface area is 114 Å². The third-order valence-corrected chi connectivity index (χ3v) is 4.14. The fourth-order valence-corrected chi connectivity index (χ4v) is 3.25. The fourth-order valence-electron chi connectivity index (χ4n) is 2.34. The van der Waals surface area contributed by atoms with Crippen LogP contribution in [0.5, 0.6) is 0 Å². The summed E-state index contributed by atoms with van der Waals surface area (Å²) in [5.74, 6) is 0.0709. The first-order valence-electron chi connectivity index (χ1n) is 6.04. The van der Waals surface area contributed by atoms with Crippen molar-refractivity contribution in [1.82, 2.24) is 10.2 Å². The first kappa shape index (κ1) is 12.2. The van der Waals surface area contributed by atoms with Crippen LogP contribution in [-0.2, 0) is 9.59 Å². The molecule has 1 amide bonds. The van der Waals surface area contributed by atoms with Gasteiger partial charge in [-0.2, -0.15) is 5.10 Å². The van der Waals surface area contributed by atoms with Gasteiger partial charge in [0, 0.05) is 36.2 Å². The molecule has 1 aliphatic heterocycles. The van der Waals surface area contributed by atoms with Crippen molar-refractivity contribution in [2.75, 3.05) is 11.4 Å². The lowest BCUT2D eigenvalue weighted by Gasteiger charge is -2.16. The number of fused-ring (bicyclic) bond motifs is 1. The third kappa shape index (κ3) is 2.35. The zero-order valence-electron chi connectivity index (χ0n) is 10.4. The summed E-state index contributed by atoms with van der Waals surface area (Å²) >= 11 is 1.25. The average Bonchev–Trinajstić information content (AvgIpc) is 2.93. The van der Waals surface area contributed by atoms with Crippen LogP contribution < -0.4 is 4.90 Å². The standard InChI is InChI=1S/C13H13N3O2S/c1-8(17)19-11-5-13(18)16(7-11)10-2-3-12-9(4-10)6-14-15-12/h2-4,6,11H,5,7H2,1H3,(H,14,15). The van der Waals surface area contributed by atoms with Crippen molar-refractivity contribution in [3.05, 3.63) is 24.4 Å². The van der Waals surface area contributed by atoms with E-state index in [4.69, 9.17) is 0 Å². The van der Waals surface area contributed by atoms with E-state index in [1.807, 2.05) is 18.2 Å². The van der Waals surface area contributed by atoms with Crippen molar-refractivity contribution in [2.45, 2.75) is 18.6 Å². The molecule has 6 heteroatoms. The van der Waals surface area contributed by atoms with Crippen LogP contribution >= 0.6 is 11.8 Å². The van der Waals surface area contributed by atoms with Crippen molar-refractivity contribution in [3.63, 3.8) is 0 Å². The number of amides is 1. The van der Waals surface area contributed by atoms with Crippen LogP contribution in [0.3, 0.4) is 0 Å². The number of aromatic amines is 1. The van der Waals surface area contributed by atoms with Crippen molar-refractivity contribution >= 4 is 39.4 Å². The highest BCUT2D eigenvalue weighted by Gasteiger charge is 2.31. The van der Waals surface area contributed by atoms with Crippen molar-refractivity contribution in [2.24, 2.45) is 0 Å². The molecule has 1 fully saturated rings. The molecule has 1 unspecified atom stereocenters. The Morgan fingerprint density at radius 2 is 2.37 bits per heavy atom. The molecule has 3 rings (SSSR count). The van der Waals surface area contributed by atoms with E-state index >= 15 is 0 Å². The van der Waals surface area contributed by atoms with Gasteiger partial charge in [0.05, 0.1) is 11.7 Å². The first-order chi connectivity index (χ1) is 9.13. The summed E-state index contributed by atoms with van der Waals surface area (Å²) in [6, 6.07) is 5.76. The van der Waals surface area contributed by atoms with E-state index in [2.05, 4.69) is 10.2 Å². The highest BCUT2D eigenvalue weighted by atomic mass is 32.2. The number of rotatable bonds is 2. The zero-order chi connectivity index (χ0) is 13.4. The molecule has 19 heavy (non-hydrogen) atoms. The molecule has 5 nitrogen and oxygen atoms in total. The van der Waals surface area contributed by atoms with Gasteiger partial charge in [0.15, 0.2) is 5.12 Å². The molecular weight excluding hydrogens is 262 g/mol. The molecule has 1 aliphatic rings. The summed E-state index contributed by atoms with van der Waals surface area (Å²) < 4.78 is 0. The van der Waals surface area contributed by atoms with E-state index in [1.54, 1.807) is 11.1 Å². The van der Waals surface area contributed by atoms with Crippen LogP contribution in [0.4, 0.5) is 5.69 Å². The maximum Gasteiger partial charge on any atom is 0.228 e. The van der Waals surface area contributed by atoms with Gasteiger partial charge in [-0.05, 0) is 18.2 Å². The Kier molecular flexibility index (Phi) is 3.02. The number of hydrogen-bond acceptors (Lipinski definition) is 4. The number of nitrogens with one attached hydrogen (secondary N) is 1. The average molecular weight is 275 g/mol. The molecule has 98 valence electrons. The lowest BCUT2D eigenvalue weighted by atomic mass is 10.2. The highest BCUT2D eigenvalue weighted by molar-refractivity contribution is 8.14. The Morgan fingerprint density at radius 1 is 1.53 bits per heavy atom. The molecule has 2 heterocycles. The third-order valence-electron chi connectivity index (χ3n) is 3.16. The lowest BCUT2D eigenvalue weighted by Crippen LogP contribution is -2.24. The van der Waals surface area contributed by atoms with Gasteiger partial charge in [-0.1, -0.05) is 11.8 Å². The van der Waals surface area contributed by atoms with Crippen LogP contribution in [0.1, 0.15) is 13.3 Å². The zero-order valence-corrected chi connectivity index (χ0v) is 11.2. The summed E-state index contributed by atoms with van der Waals surface area (Å²) in [4.78, 5) is 24.9. The monoisotopic (exact) mass is 275 g/mol. The summed E-state index contributed by atoms with van der Waals surface area (Å²) in [6.45, 7) is 2.13. The van der Waals surface area contributed by atoms with Crippen molar-refractivity contribution in [1.29, 1.82) is 0 Å². The van der Waals surface area contributed by atoms with Crippen molar-refractivity contribution < 1.29 is 9.59 Å². The van der Waals surface area contributed by atoms with Gasteiger partial charge >= 0.3 is 0 Å². The van der Waals surface area contributed by atoms with Crippen molar-refractivity contribution in [3.8, 4) is 0 Å². The molecule has 0 bridgehead atoms. The van der Waals surface area contributed by atoms with Crippen LogP contribution in [0.25, 0.3) is 10.9 Å². The van der Waals surface area contributed by atoms with E-state index in [0.717, 1.165) is 16.6 Å². The summed E-state index contributed by atoms with van der Waals surface area (Å²) in [5.41, 5.74) is 1.82. The van der Waals surface area contributed by atoms with E-state index < -0.39 is 0 Å². The van der Waals surface area contributed by atoms with Crippen LogP contribution in [0, 0.1) is 0 Å². The highest BCUT2D eigenvalue weighted by Crippen LogP contribution is 2.30. The Balaban J connectivity index is 1.85. The molecule has 0 radical (unpaired) electrons. The van der Waals surface area contributed by atoms with E-state index in [1.165, 1.54) is 18.7 Å². The van der Waals surface area contributed by atoms with E-state index in [-0.39, 0.29) is 16.3 Å². The molecule has 0 spiro atoms. The molecule has 0 saturated carbocycles. The first-order valence-corrected chi connectivity index (χ1v) is 6.92.